The van der Waals surface area contributed by atoms with Crippen LogP contribution in [-0.2, 0) is 11.2 Å². The Morgan fingerprint density at radius 3 is 2.44 bits per heavy atom. The second-order valence-corrected chi connectivity index (χ2v) is 5.36. The van der Waals surface area contributed by atoms with Crippen molar-refractivity contribution in [3.8, 4) is 0 Å². The number of rotatable bonds is 7. The molecule has 0 radical (unpaired) electrons. The van der Waals surface area contributed by atoms with Crippen LogP contribution in [0.25, 0.3) is 0 Å². The van der Waals surface area contributed by atoms with E-state index in [1.54, 1.807) is 0 Å². The third-order valence-corrected chi connectivity index (χ3v) is 2.88. The van der Waals surface area contributed by atoms with Gasteiger partial charge in [0.1, 0.15) is 0 Å². The molecule has 1 unspecified atom stereocenters. The van der Waals surface area contributed by atoms with Gasteiger partial charge in [-0.05, 0) is 36.6 Å². The number of carbonyl (C=O) groups is 1. The maximum atomic E-state index is 10.8. The molecule has 0 aliphatic rings. The maximum absolute atomic E-state index is 10.8. The fourth-order valence-electron chi connectivity index (χ4n) is 1.73. The van der Waals surface area contributed by atoms with Gasteiger partial charge in [0, 0.05) is 11.1 Å². The summed E-state index contributed by atoms with van der Waals surface area (Å²) in [5, 5.41) is 12.9. The first-order valence-electron chi connectivity index (χ1n) is 6.17. The van der Waals surface area contributed by atoms with E-state index in [-0.39, 0.29) is 12.5 Å². The third kappa shape index (κ3) is 6.03. The summed E-state index contributed by atoms with van der Waals surface area (Å²) in [5.41, 5.74) is 1.10. The molecule has 0 heterocycles. The normalized spacial score (nSPS) is 12.7. The Bertz CT molecular complexity index is 376. The van der Waals surface area contributed by atoms with Crippen LogP contribution in [0.3, 0.4) is 0 Å². The molecule has 0 aliphatic heterocycles. The van der Waals surface area contributed by atoms with E-state index < -0.39 is 5.97 Å². The molecule has 100 valence electrons. The van der Waals surface area contributed by atoms with E-state index in [0.717, 1.165) is 12.1 Å². The van der Waals surface area contributed by atoms with Gasteiger partial charge >= 0.3 is 5.97 Å². The van der Waals surface area contributed by atoms with Crippen molar-refractivity contribution in [1.29, 1.82) is 0 Å². The molecule has 18 heavy (non-hydrogen) atoms. The molecule has 0 aromatic heterocycles. The molecule has 0 aliphatic carbocycles. The van der Waals surface area contributed by atoms with E-state index in [9.17, 15) is 4.79 Å². The van der Waals surface area contributed by atoms with E-state index in [4.69, 9.17) is 16.7 Å². The van der Waals surface area contributed by atoms with Crippen LogP contribution in [0.5, 0.6) is 0 Å². The minimum atomic E-state index is -0.773. The Morgan fingerprint density at radius 2 is 1.94 bits per heavy atom. The van der Waals surface area contributed by atoms with Gasteiger partial charge < -0.3 is 10.4 Å². The van der Waals surface area contributed by atoms with Crippen molar-refractivity contribution in [1.82, 2.24) is 5.32 Å². The molecule has 0 fully saturated rings. The molecule has 4 heteroatoms. The second kappa shape index (κ2) is 7.39. The summed E-state index contributed by atoms with van der Waals surface area (Å²) < 4.78 is 0. The van der Waals surface area contributed by atoms with Gasteiger partial charge in [0.25, 0.3) is 0 Å². The molecular weight excluding hydrogens is 250 g/mol. The lowest BCUT2D eigenvalue weighted by Gasteiger charge is -2.18. The van der Waals surface area contributed by atoms with Crippen molar-refractivity contribution in [2.75, 3.05) is 6.54 Å². The molecule has 0 amide bonds. The zero-order valence-corrected chi connectivity index (χ0v) is 11.6. The number of hydrogen-bond acceptors (Lipinski definition) is 2. The Kier molecular flexibility index (Phi) is 6.16. The van der Waals surface area contributed by atoms with Crippen molar-refractivity contribution >= 4 is 17.6 Å². The van der Waals surface area contributed by atoms with Crippen LogP contribution >= 0.6 is 11.6 Å². The van der Waals surface area contributed by atoms with Crippen molar-refractivity contribution in [2.24, 2.45) is 5.92 Å². The van der Waals surface area contributed by atoms with Gasteiger partial charge in [0.2, 0.25) is 0 Å². The summed E-state index contributed by atoms with van der Waals surface area (Å²) in [5.74, 6) is -0.267. The standard InChI is InChI=1S/C14H20ClNO2/c1-10(2)9-16-13(8-14(17)18)7-11-3-5-12(15)6-4-11/h3-6,10,13,16H,7-9H2,1-2H3,(H,17,18). The predicted octanol–water partition coefficient (Wildman–Crippen LogP) is 2.97. The summed E-state index contributed by atoms with van der Waals surface area (Å²) in [7, 11) is 0. The topological polar surface area (TPSA) is 49.3 Å². The Balaban J connectivity index is 2.59. The van der Waals surface area contributed by atoms with E-state index in [1.807, 2.05) is 24.3 Å². The van der Waals surface area contributed by atoms with E-state index in [2.05, 4.69) is 19.2 Å². The number of hydrogen-bond donors (Lipinski definition) is 2. The highest BCUT2D eigenvalue weighted by molar-refractivity contribution is 6.30. The SMILES string of the molecule is CC(C)CNC(CC(=O)O)Cc1ccc(Cl)cc1. The number of halogens is 1. The quantitative estimate of drug-likeness (QED) is 0.800. The molecule has 1 aromatic rings. The number of aliphatic carboxylic acids is 1. The average Bonchev–Trinajstić information content (AvgIpc) is 2.28. The minimum absolute atomic E-state index is 0.0360. The lowest BCUT2D eigenvalue weighted by molar-refractivity contribution is -0.137. The summed E-state index contributed by atoms with van der Waals surface area (Å²) in [4.78, 5) is 10.8. The van der Waals surface area contributed by atoms with Gasteiger partial charge in [0.05, 0.1) is 6.42 Å². The Morgan fingerprint density at radius 1 is 1.33 bits per heavy atom. The Hall–Kier alpha value is -1.06. The smallest absolute Gasteiger partial charge is 0.304 e. The first-order chi connectivity index (χ1) is 8.47. The summed E-state index contributed by atoms with van der Waals surface area (Å²) in [6, 6.07) is 7.50. The summed E-state index contributed by atoms with van der Waals surface area (Å²) in [6.45, 7) is 5.03. The highest BCUT2D eigenvalue weighted by atomic mass is 35.5. The highest BCUT2D eigenvalue weighted by Crippen LogP contribution is 2.12. The van der Waals surface area contributed by atoms with Crippen molar-refractivity contribution in [2.45, 2.75) is 32.7 Å². The molecule has 1 aromatic carbocycles. The maximum Gasteiger partial charge on any atom is 0.304 e. The molecule has 1 rings (SSSR count). The van der Waals surface area contributed by atoms with Crippen LogP contribution in [0.4, 0.5) is 0 Å². The lowest BCUT2D eigenvalue weighted by Crippen LogP contribution is -2.35. The zero-order valence-electron chi connectivity index (χ0n) is 10.8. The number of nitrogens with one attached hydrogen (secondary N) is 1. The number of carboxylic acids is 1. The predicted molar refractivity (Wildman–Crippen MR) is 74.0 cm³/mol. The first kappa shape index (κ1) is 15.0. The number of carboxylic acid groups (broad SMARTS) is 1. The second-order valence-electron chi connectivity index (χ2n) is 4.93. The van der Waals surface area contributed by atoms with E-state index >= 15 is 0 Å². The van der Waals surface area contributed by atoms with Crippen molar-refractivity contribution in [3.05, 3.63) is 34.9 Å². The minimum Gasteiger partial charge on any atom is -0.481 e. The van der Waals surface area contributed by atoms with Crippen LogP contribution in [-0.4, -0.2) is 23.7 Å². The molecule has 1 atom stereocenters. The average molecular weight is 270 g/mol. The van der Waals surface area contributed by atoms with Crippen LogP contribution < -0.4 is 5.32 Å². The van der Waals surface area contributed by atoms with Gasteiger partial charge in [-0.3, -0.25) is 4.79 Å². The van der Waals surface area contributed by atoms with Gasteiger partial charge in [-0.2, -0.15) is 0 Å². The molecular formula is C14H20ClNO2. The molecule has 0 saturated heterocycles. The lowest BCUT2D eigenvalue weighted by atomic mass is 10.0. The molecule has 0 saturated carbocycles. The first-order valence-corrected chi connectivity index (χ1v) is 6.54. The number of benzene rings is 1. The molecule has 3 nitrogen and oxygen atoms in total. The van der Waals surface area contributed by atoms with Gasteiger partial charge in [-0.1, -0.05) is 37.6 Å². The van der Waals surface area contributed by atoms with Crippen LogP contribution in [0.15, 0.2) is 24.3 Å². The zero-order chi connectivity index (χ0) is 13.5. The van der Waals surface area contributed by atoms with Gasteiger partial charge in [-0.25, -0.2) is 0 Å². The van der Waals surface area contributed by atoms with Crippen LogP contribution in [0.2, 0.25) is 5.02 Å². The van der Waals surface area contributed by atoms with Gasteiger partial charge in [-0.15, -0.1) is 0 Å². The fraction of sp³-hybridized carbons (Fsp3) is 0.500. The largest absolute Gasteiger partial charge is 0.481 e. The highest BCUT2D eigenvalue weighted by Gasteiger charge is 2.13. The molecule has 0 bridgehead atoms. The van der Waals surface area contributed by atoms with Crippen molar-refractivity contribution in [3.63, 3.8) is 0 Å². The third-order valence-electron chi connectivity index (χ3n) is 2.63. The van der Waals surface area contributed by atoms with E-state index in [1.165, 1.54) is 0 Å². The fourth-order valence-corrected chi connectivity index (χ4v) is 1.86. The monoisotopic (exact) mass is 269 g/mol. The van der Waals surface area contributed by atoms with Crippen LogP contribution in [0, 0.1) is 5.92 Å². The van der Waals surface area contributed by atoms with Gasteiger partial charge in [0.15, 0.2) is 0 Å². The summed E-state index contributed by atoms with van der Waals surface area (Å²) in [6.07, 6.45) is 0.839. The van der Waals surface area contributed by atoms with E-state index in [0.29, 0.717) is 17.4 Å². The molecule has 0 spiro atoms. The van der Waals surface area contributed by atoms with Crippen LogP contribution in [0.1, 0.15) is 25.8 Å². The molecule has 2 N–H and O–H groups in total. The van der Waals surface area contributed by atoms with Crippen molar-refractivity contribution < 1.29 is 9.90 Å². The Labute approximate surface area is 113 Å². The summed E-state index contributed by atoms with van der Waals surface area (Å²) >= 11 is 5.83.